The van der Waals surface area contributed by atoms with Crippen molar-refractivity contribution in [3.63, 3.8) is 0 Å². The molecular weight excluding hydrogens is 392 g/mol. The van der Waals surface area contributed by atoms with E-state index in [1.807, 2.05) is 4.57 Å². The van der Waals surface area contributed by atoms with Crippen molar-refractivity contribution in [3.8, 4) is 0 Å². The third kappa shape index (κ3) is 5.21. The number of rotatable bonds is 6. The lowest BCUT2D eigenvalue weighted by molar-refractivity contribution is -0.145. The fraction of sp³-hybridized carbons (Fsp3) is 0.720. The maximum Gasteiger partial charge on any atom is 0.329 e. The second-order valence-corrected chi connectivity index (χ2v) is 9.98. The van der Waals surface area contributed by atoms with E-state index in [0.29, 0.717) is 12.5 Å². The Morgan fingerprint density at radius 2 is 1.71 bits per heavy atom. The number of hydrogen-bond donors (Lipinski definition) is 2. The van der Waals surface area contributed by atoms with E-state index >= 15 is 0 Å². The van der Waals surface area contributed by atoms with Crippen molar-refractivity contribution in [2.24, 2.45) is 11.8 Å². The van der Waals surface area contributed by atoms with Gasteiger partial charge >= 0.3 is 5.97 Å². The van der Waals surface area contributed by atoms with Gasteiger partial charge in [-0.05, 0) is 68.9 Å². The van der Waals surface area contributed by atoms with E-state index in [9.17, 15) is 19.5 Å². The average Bonchev–Trinajstić information content (AvgIpc) is 2.71. The van der Waals surface area contributed by atoms with Crippen LogP contribution in [-0.4, -0.2) is 27.1 Å². The van der Waals surface area contributed by atoms with Crippen LogP contribution in [0.5, 0.6) is 0 Å². The minimum absolute atomic E-state index is 0.0863. The van der Waals surface area contributed by atoms with Crippen molar-refractivity contribution in [2.45, 2.75) is 103 Å². The van der Waals surface area contributed by atoms with Crippen LogP contribution in [0.25, 0.3) is 0 Å². The van der Waals surface area contributed by atoms with Crippen molar-refractivity contribution in [1.29, 1.82) is 0 Å². The molecule has 0 radical (unpaired) electrons. The molecule has 0 saturated heterocycles. The highest BCUT2D eigenvalue weighted by atomic mass is 16.4. The predicted molar refractivity (Wildman–Crippen MR) is 121 cm³/mol. The number of hydrogen-bond acceptors (Lipinski definition) is 3. The van der Waals surface area contributed by atoms with Gasteiger partial charge in [-0.2, -0.15) is 0 Å². The van der Waals surface area contributed by atoms with E-state index in [-0.39, 0.29) is 17.0 Å². The highest BCUT2D eigenvalue weighted by Crippen LogP contribution is 2.27. The molecule has 2 aliphatic carbocycles. The summed E-state index contributed by atoms with van der Waals surface area (Å²) in [5.74, 6) is -1.52. The minimum atomic E-state index is -1.43. The first-order chi connectivity index (χ1) is 14.7. The zero-order valence-corrected chi connectivity index (χ0v) is 19.3. The normalized spacial score (nSPS) is 19.7. The van der Waals surface area contributed by atoms with E-state index in [1.165, 1.54) is 32.6 Å². The maximum atomic E-state index is 13.5. The van der Waals surface area contributed by atoms with E-state index in [4.69, 9.17) is 0 Å². The number of pyridine rings is 1. The molecular formula is C25H38N2O4. The highest BCUT2D eigenvalue weighted by molar-refractivity contribution is 5.97. The molecule has 1 fully saturated rings. The Morgan fingerprint density at radius 3 is 2.32 bits per heavy atom. The molecule has 1 aromatic heterocycles. The number of aliphatic carboxylic acids is 1. The van der Waals surface area contributed by atoms with Crippen LogP contribution in [0.1, 0.15) is 100 Å². The van der Waals surface area contributed by atoms with Crippen molar-refractivity contribution in [2.75, 3.05) is 0 Å². The lowest BCUT2D eigenvalue weighted by Crippen LogP contribution is -2.56. The highest BCUT2D eigenvalue weighted by Gasteiger charge is 2.39. The Kier molecular flexibility index (Phi) is 7.60. The van der Waals surface area contributed by atoms with Crippen LogP contribution in [0.2, 0.25) is 0 Å². The summed E-state index contributed by atoms with van der Waals surface area (Å²) in [6.45, 7) is 5.70. The summed E-state index contributed by atoms with van der Waals surface area (Å²) in [4.78, 5) is 38.6. The topological polar surface area (TPSA) is 88.4 Å². The van der Waals surface area contributed by atoms with Crippen LogP contribution in [0.4, 0.5) is 0 Å². The van der Waals surface area contributed by atoms with Crippen molar-refractivity contribution < 1.29 is 14.7 Å². The number of nitrogens with zero attached hydrogens (tertiary/aromatic N) is 1. The molecule has 0 aliphatic heterocycles. The molecule has 31 heavy (non-hydrogen) atoms. The number of carbonyl (C=O) groups is 2. The molecule has 1 heterocycles. The number of nitrogens with one attached hydrogen (secondary N) is 1. The van der Waals surface area contributed by atoms with Crippen LogP contribution in [0.3, 0.4) is 0 Å². The second kappa shape index (κ2) is 10.0. The van der Waals surface area contributed by atoms with Gasteiger partial charge in [-0.15, -0.1) is 0 Å². The van der Waals surface area contributed by atoms with Crippen molar-refractivity contribution in [1.82, 2.24) is 9.88 Å². The standard InChI is InChI=1S/C25H38N2O4/c1-17(2)25(3,24(30)31)26-22(28)20-15-19-13-9-4-5-10-14-21(19)27(23(20)29)16-18-11-7-6-8-12-18/h15,17-18H,4-14,16H2,1-3H3,(H,26,28)(H,30,31)/t25-/m1/s1. The summed E-state index contributed by atoms with van der Waals surface area (Å²) >= 11 is 0. The third-order valence-corrected chi connectivity index (χ3v) is 7.48. The van der Waals surface area contributed by atoms with Gasteiger partial charge in [0.1, 0.15) is 11.1 Å². The summed E-state index contributed by atoms with van der Waals surface area (Å²) in [7, 11) is 0. The number of amides is 1. The van der Waals surface area contributed by atoms with Crippen LogP contribution < -0.4 is 10.9 Å². The summed E-state index contributed by atoms with van der Waals surface area (Å²) < 4.78 is 1.87. The van der Waals surface area contributed by atoms with E-state index in [0.717, 1.165) is 56.2 Å². The Balaban J connectivity index is 2.02. The first-order valence-electron chi connectivity index (χ1n) is 12.1. The van der Waals surface area contributed by atoms with E-state index < -0.39 is 17.4 Å². The summed E-state index contributed by atoms with van der Waals surface area (Å²) in [5, 5.41) is 12.4. The molecule has 0 bridgehead atoms. The molecule has 3 rings (SSSR count). The van der Waals surface area contributed by atoms with Crippen LogP contribution >= 0.6 is 0 Å². The summed E-state index contributed by atoms with van der Waals surface area (Å²) in [6, 6.07) is 1.75. The monoisotopic (exact) mass is 430 g/mol. The molecule has 0 unspecified atom stereocenters. The van der Waals surface area contributed by atoms with Gasteiger partial charge in [0.15, 0.2) is 0 Å². The molecule has 1 atom stereocenters. The Hall–Kier alpha value is -2.11. The Bertz CT molecular complexity index is 867. The van der Waals surface area contributed by atoms with Gasteiger partial charge < -0.3 is 15.0 Å². The first kappa shape index (κ1) is 23.6. The minimum Gasteiger partial charge on any atom is -0.480 e. The number of carbonyl (C=O) groups excluding carboxylic acids is 1. The Labute approximate surface area is 185 Å². The lowest BCUT2D eigenvalue weighted by Gasteiger charge is -2.31. The van der Waals surface area contributed by atoms with Gasteiger partial charge in [-0.1, -0.05) is 46.0 Å². The number of carboxylic acids is 1. The second-order valence-electron chi connectivity index (χ2n) is 9.98. The van der Waals surface area contributed by atoms with Gasteiger partial charge in [0.05, 0.1) is 0 Å². The number of aromatic nitrogens is 1. The summed E-state index contributed by atoms with van der Waals surface area (Å²) in [5.41, 5.74) is 0.572. The van der Waals surface area contributed by atoms with Gasteiger partial charge in [-0.3, -0.25) is 9.59 Å². The lowest BCUT2D eigenvalue weighted by atomic mass is 9.87. The number of fused-ring (bicyclic) bond motifs is 1. The molecule has 2 aliphatic rings. The molecule has 1 saturated carbocycles. The molecule has 0 spiro atoms. The quantitative estimate of drug-likeness (QED) is 0.704. The van der Waals surface area contributed by atoms with Crippen molar-refractivity contribution in [3.05, 3.63) is 33.2 Å². The van der Waals surface area contributed by atoms with Gasteiger partial charge in [0.2, 0.25) is 0 Å². The van der Waals surface area contributed by atoms with Gasteiger partial charge in [-0.25, -0.2) is 4.79 Å². The van der Waals surface area contributed by atoms with Crippen LogP contribution in [0.15, 0.2) is 10.9 Å². The smallest absolute Gasteiger partial charge is 0.329 e. The fourth-order valence-corrected chi connectivity index (χ4v) is 4.97. The van der Waals surface area contributed by atoms with Crippen molar-refractivity contribution >= 4 is 11.9 Å². The fourth-order valence-electron chi connectivity index (χ4n) is 4.97. The third-order valence-electron chi connectivity index (χ3n) is 7.48. The van der Waals surface area contributed by atoms with Gasteiger partial charge in [0, 0.05) is 12.2 Å². The molecule has 6 nitrogen and oxygen atoms in total. The summed E-state index contributed by atoms with van der Waals surface area (Å²) in [6.07, 6.45) is 12.1. The largest absolute Gasteiger partial charge is 0.480 e. The number of aryl methyl sites for hydroxylation is 1. The zero-order chi connectivity index (χ0) is 22.6. The molecule has 0 aromatic carbocycles. The first-order valence-corrected chi connectivity index (χ1v) is 12.1. The van der Waals surface area contributed by atoms with Crippen LogP contribution in [-0.2, 0) is 24.2 Å². The zero-order valence-electron chi connectivity index (χ0n) is 19.3. The molecule has 1 aromatic rings. The van der Waals surface area contributed by atoms with E-state index in [1.54, 1.807) is 19.9 Å². The predicted octanol–water partition coefficient (Wildman–Crippen LogP) is 4.32. The molecule has 1 amide bonds. The molecule has 6 heteroatoms. The molecule has 172 valence electrons. The average molecular weight is 431 g/mol. The Morgan fingerprint density at radius 1 is 1.10 bits per heavy atom. The molecule has 2 N–H and O–H groups in total. The van der Waals surface area contributed by atoms with Gasteiger partial charge in [0.25, 0.3) is 11.5 Å². The number of carboxylic acid groups (broad SMARTS) is 1. The SMILES string of the molecule is CC(C)[C@@](C)(NC(=O)c1cc2c(n(CC3CCCCC3)c1=O)CCCCCC2)C(=O)O. The van der Waals surface area contributed by atoms with Crippen LogP contribution in [0, 0.1) is 11.8 Å². The maximum absolute atomic E-state index is 13.5. The van der Waals surface area contributed by atoms with E-state index in [2.05, 4.69) is 5.32 Å².